The van der Waals surface area contributed by atoms with Crippen LogP contribution in [0.15, 0.2) is 351 Å². The molecule has 0 unspecified atom stereocenters. The maximum absolute atomic E-state index is 11.0. The van der Waals surface area contributed by atoms with E-state index in [4.69, 9.17) is 25.2 Å². The number of fused-ring (bicyclic) bond motifs is 18. The second-order valence-corrected chi connectivity index (χ2v) is 32.3. The molecule has 12 nitrogen and oxygen atoms in total. The van der Waals surface area contributed by atoms with E-state index in [-0.39, 0.29) is 107 Å². The van der Waals surface area contributed by atoms with Crippen molar-refractivity contribution in [2.45, 2.75) is 103 Å². The Morgan fingerprint density at radius 2 is 0.977 bits per heavy atom. The summed E-state index contributed by atoms with van der Waals surface area (Å²) in [6.45, 7) is 25.5. The molecule has 0 atom stereocenters. The van der Waals surface area contributed by atoms with Crippen molar-refractivity contribution in [3.8, 4) is 67.3 Å². The van der Waals surface area contributed by atoms with E-state index in [0.717, 1.165) is 90.7 Å². The third-order valence-corrected chi connectivity index (χ3v) is 21.4. The molecule has 0 spiro atoms. The van der Waals surface area contributed by atoms with E-state index in [9.17, 15) is 19.5 Å². The van der Waals surface area contributed by atoms with E-state index < -0.39 is 0 Å². The normalized spacial score (nSPS) is 11.4. The molecular formula is C114H103Ir3N6O6-. The summed E-state index contributed by atoms with van der Waals surface area (Å²) in [5.41, 5.74) is 28.3. The van der Waals surface area contributed by atoms with Gasteiger partial charge in [0.25, 0.3) is 0 Å². The fraction of sp³-hybridized carbons (Fsp3) is 0.149. The molecule has 0 saturated heterocycles. The third-order valence-electron chi connectivity index (χ3n) is 21.4. The van der Waals surface area contributed by atoms with Gasteiger partial charge in [-0.2, -0.15) is 9.13 Å². The van der Waals surface area contributed by atoms with Crippen LogP contribution in [0, 0.1) is 64.7 Å². The largest absolute Gasteiger partial charge is 0.512 e. The van der Waals surface area contributed by atoms with Crippen molar-refractivity contribution >= 4 is 93.4 Å². The van der Waals surface area contributed by atoms with Crippen LogP contribution in [-0.4, -0.2) is 52.6 Å². The molecule has 3 radical (unpaired) electrons. The molecule has 0 saturated carbocycles. The molecule has 0 amide bonds. The van der Waals surface area contributed by atoms with Crippen molar-refractivity contribution in [1.82, 2.24) is 19.9 Å². The van der Waals surface area contributed by atoms with Gasteiger partial charge in [-0.25, -0.2) is 0 Å². The zero-order chi connectivity index (χ0) is 89.1. The number of benzene rings is 13. The van der Waals surface area contributed by atoms with Crippen molar-refractivity contribution in [2.75, 3.05) is 0 Å². The Bertz CT molecular complexity index is 7080. The summed E-state index contributed by atoms with van der Waals surface area (Å²) in [5.74, 6) is 0.0356. The first-order valence-electron chi connectivity index (χ1n) is 42.4. The summed E-state index contributed by atoms with van der Waals surface area (Å²) >= 11 is 0. The van der Waals surface area contributed by atoms with Gasteiger partial charge in [-0.3, -0.25) is 29.3 Å². The number of aryl methyl sites for hydroxylation is 5. The van der Waals surface area contributed by atoms with Crippen LogP contribution in [0.2, 0.25) is 0 Å². The second-order valence-electron chi connectivity index (χ2n) is 32.3. The summed E-state index contributed by atoms with van der Waals surface area (Å²) in [4.78, 5) is 50.0. The van der Waals surface area contributed by atoms with Gasteiger partial charge in [0.15, 0.2) is 36.6 Å². The van der Waals surface area contributed by atoms with Crippen molar-refractivity contribution < 1.29 is 99.2 Å². The average Bonchev–Trinajstić information content (AvgIpc) is 1.44. The molecule has 18 aromatic rings. The van der Waals surface area contributed by atoms with Crippen LogP contribution in [0.4, 0.5) is 0 Å². The third kappa shape index (κ3) is 25.3. The Balaban J connectivity index is 0.000000159. The molecule has 653 valence electrons. The number of nitrogens with zero attached hydrogens (tertiary/aromatic N) is 6. The maximum Gasteiger partial charge on any atom is 0.221 e. The van der Waals surface area contributed by atoms with Crippen LogP contribution in [-0.2, 0) is 87.8 Å². The molecule has 0 bridgehead atoms. The Hall–Kier alpha value is -13.1. The van der Waals surface area contributed by atoms with Crippen molar-refractivity contribution in [3.63, 3.8) is 0 Å². The Labute approximate surface area is 796 Å². The van der Waals surface area contributed by atoms with Crippen LogP contribution in [0.25, 0.3) is 143 Å². The maximum atomic E-state index is 11.0. The fourth-order valence-corrected chi connectivity index (χ4v) is 15.4. The number of rotatable bonds is 9. The van der Waals surface area contributed by atoms with Gasteiger partial charge in [0.1, 0.15) is 0 Å². The van der Waals surface area contributed by atoms with Crippen LogP contribution in [0.3, 0.4) is 0 Å². The molecule has 2 aliphatic rings. The molecular weight excluding hydrogens is 2130 g/mol. The van der Waals surface area contributed by atoms with Gasteiger partial charge in [0, 0.05) is 136 Å². The number of pyridine rings is 4. The van der Waals surface area contributed by atoms with Gasteiger partial charge in [-0.1, -0.05) is 264 Å². The molecule has 15 heteroatoms. The number of aliphatic hydroxyl groups is 3. The SMILES string of the molecule is CC(=O)C=C(C)O.CC(=O)C=C(C)O.CC(C)C(=O)C=C(O)C(C)C.Cc1[c-]c(-c2ccc3ccc(C)cc3n2)cc(C)c1.Cc1cc2ccccc2[n+]2c1-c1ccccc1C2.Cc1cnc2c3[c-]cc(-c4ccccc4)cc3c3cc(-c4ccccc4)ccc3c2n1.[Ir].[Ir].[Ir].[c-]1ccccc1-c1ccc2ccccc2n1.c1ccc2c(c1)C[n+]1ccc3ccccc3c1-2. The molecule has 2 aliphatic heterocycles. The molecule has 3 N–H and O–H groups in total. The number of allylic oxidation sites excluding steroid dienone is 6. The van der Waals surface area contributed by atoms with Gasteiger partial charge >= 0.3 is 0 Å². The minimum Gasteiger partial charge on any atom is -0.512 e. The number of hydrogen-bond donors (Lipinski definition) is 3. The number of aromatic nitrogens is 6. The summed E-state index contributed by atoms with van der Waals surface area (Å²) < 4.78 is 4.78. The first kappa shape index (κ1) is 98.1. The minimum absolute atomic E-state index is 0. The summed E-state index contributed by atoms with van der Waals surface area (Å²) in [6.07, 6.45) is 7.68. The molecule has 0 fully saturated rings. The molecule has 5 aromatic heterocycles. The monoisotopic (exact) mass is 2230 g/mol. The number of ketones is 3. The molecule has 20 rings (SSSR count). The van der Waals surface area contributed by atoms with Gasteiger partial charge in [-0.15, -0.1) is 94.4 Å². The smallest absolute Gasteiger partial charge is 0.221 e. The molecule has 0 aliphatic carbocycles. The van der Waals surface area contributed by atoms with Gasteiger partial charge in [-0.05, 0) is 141 Å². The molecule has 13 aromatic carbocycles. The zero-order valence-corrected chi connectivity index (χ0v) is 81.8. The van der Waals surface area contributed by atoms with Crippen LogP contribution >= 0.6 is 0 Å². The van der Waals surface area contributed by atoms with E-state index in [0.29, 0.717) is 0 Å². The van der Waals surface area contributed by atoms with Gasteiger partial charge < -0.3 is 20.3 Å². The standard InChI is InChI=1S/C29H19N2.C18H16N.C17H14N.C16H12N.C15H10N.C9H16O2.2C5H8O2.3Ir/c1-19-18-30-28-24-14-12-22(20-8-4-2-5-9-20)16-26(24)27-17-23(21-10-6-3-7-11-21)13-15-25(27)29(28)31-19;1-12-4-5-15-6-7-17(19-18(15)11-12)16-9-13(2)8-14(3)10-16;1-12-10-13-6-3-5-9-16(13)18-11-14-7-2-4-8-15(14)17(12)18;1-3-7-14-12(5-1)9-10-17-11-13-6-2-4-8-15(13)16(14)17;1-2-6-12(7-3-1)15-11-10-13-8-4-5-9-14(13)16-15;1-6(2)8(10)5-9(11)7(3)4;2*1-4(6)3-5(2)7;;;/h2-13,15-18H,1H3;4-9,11H,1-3H3;2-10H,11H2,1H3;1-10H,11H2;1-6,8-11H;5-7,10H,1-4H3;2*3,6H,1-2H3;;;/q2*-1;2*+1;-1;;;;;;. The molecule has 129 heavy (non-hydrogen) atoms. The topological polar surface area (TPSA) is 171 Å². The fourth-order valence-electron chi connectivity index (χ4n) is 15.4. The van der Waals surface area contributed by atoms with E-state index in [2.05, 4.69) is 309 Å². The minimum atomic E-state index is -0.125. The summed E-state index contributed by atoms with van der Waals surface area (Å²) in [7, 11) is 0. The number of hydrogen-bond acceptors (Lipinski definition) is 10. The summed E-state index contributed by atoms with van der Waals surface area (Å²) in [6, 6.07) is 116. The average molecular weight is 2230 g/mol. The van der Waals surface area contributed by atoms with Gasteiger partial charge in [0.05, 0.1) is 56.0 Å². The van der Waals surface area contributed by atoms with Crippen LogP contribution in [0.1, 0.15) is 94.5 Å². The second kappa shape index (κ2) is 46.1. The van der Waals surface area contributed by atoms with Gasteiger partial charge in [0.2, 0.25) is 16.9 Å². The van der Waals surface area contributed by atoms with E-state index in [1.54, 1.807) is 0 Å². The van der Waals surface area contributed by atoms with E-state index in [1.165, 1.54) is 151 Å². The van der Waals surface area contributed by atoms with E-state index >= 15 is 0 Å². The van der Waals surface area contributed by atoms with E-state index in [1.807, 2.05) is 101 Å². The first-order valence-corrected chi connectivity index (χ1v) is 42.4. The van der Waals surface area contributed by atoms with Crippen molar-refractivity contribution in [3.05, 3.63) is 408 Å². The predicted octanol–water partition coefficient (Wildman–Crippen LogP) is 26.7. The number of para-hydroxylation sites is 2. The summed E-state index contributed by atoms with van der Waals surface area (Å²) in [5, 5.41) is 36.7. The first-order chi connectivity index (χ1) is 60.8. The molecule has 7 heterocycles. The zero-order valence-electron chi connectivity index (χ0n) is 74.6. The number of carbonyl (C=O) groups excluding carboxylic acids is 3. The number of carbonyl (C=O) groups is 3. The van der Waals surface area contributed by atoms with Crippen LogP contribution < -0.4 is 9.13 Å². The Morgan fingerprint density at radius 3 is 1.60 bits per heavy atom. The Morgan fingerprint density at radius 1 is 0.419 bits per heavy atom. The van der Waals surface area contributed by atoms with Crippen molar-refractivity contribution in [2.24, 2.45) is 11.8 Å². The van der Waals surface area contributed by atoms with Crippen LogP contribution in [0.5, 0.6) is 0 Å². The predicted molar refractivity (Wildman–Crippen MR) is 517 cm³/mol. The Kier molecular flexibility index (Phi) is 35.1. The van der Waals surface area contributed by atoms with Crippen molar-refractivity contribution in [1.29, 1.82) is 0 Å². The number of aliphatic hydroxyl groups excluding tert-OH is 3. The quantitative estimate of drug-likeness (QED) is 0.0415.